The molecule has 0 amide bonds. The van der Waals surface area contributed by atoms with Crippen molar-refractivity contribution >= 4 is 9.84 Å². The van der Waals surface area contributed by atoms with Crippen LogP contribution in [0.2, 0.25) is 0 Å². The molecular weight excluding hydrogens is 252 g/mol. The first-order valence-electron chi connectivity index (χ1n) is 5.39. The Hall–Kier alpha value is -1.66. The molecule has 0 aliphatic carbocycles. The highest BCUT2D eigenvalue weighted by Crippen LogP contribution is 2.12. The van der Waals surface area contributed by atoms with Gasteiger partial charge in [-0.25, -0.2) is 13.4 Å². The van der Waals surface area contributed by atoms with Crippen molar-refractivity contribution in [3.05, 3.63) is 48.0 Å². The lowest BCUT2D eigenvalue weighted by atomic mass is 10.2. The van der Waals surface area contributed by atoms with Gasteiger partial charge in [0.25, 0.3) is 0 Å². The van der Waals surface area contributed by atoms with E-state index in [2.05, 4.69) is 4.98 Å². The highest BCUT2D eigenvalue weighted by Gasteiger charge is 2.07. The summed E-state index contributed by atoms with van der Waals surface area (Å²) in [6.45, 7) is 0.487. The number of imidazole rings is 1. The molecule has 6 heteroatoms. The maximum absolute atomic E-state index is 11.3. The number of aliphatic hydroxyl groups excluding tert-OH is 1. The molecule has 0 radical (unpaired) electrons. The lowest BCUT2D eigenvalue weighted by Gasteiger charge is -2.07. The Bertz CT molecular complexity index is 630. The molecule has 0 spiro atoms. The van der Waals surface area contributed by atoms with Gasteiger partial charge in [0.15, 0.2) is 9.84 Å². The average molecular weight is 266 g/mol. The van der Waals surface area contributed by atoms with E-state index in [-0.39, 0.29) is 6.61 Å². The number of aliphatic hydroxyl groups is 1. The van der Waals surface area contributed by atoms with Gasteiger partial charge in [0, 0.05) is 12.8 Å². The van der Waals surface area contributed by atoms with E-state index in [0.717, 1.165) is 11.3 Å². The van der Waals surface area contributed by atoms with E-state index in [4.69, 9.17) is 5.11 Å². The van der Waals surface area contributed by atoms with Crippen molar-refractivity contribution in [1.82, 2.24) is 9.55 Å². The number of rotatable bonds is 4. The van der Waals surface area contributed by atoms with Crippen molar-refractivity contribution in [3.8, 4) is 0 Å². The molecule has 0 saturated heterocycles. The summed E-state index contributed by atoms with van der Waals surface area (Å²) < 4.78 is 24.4. The summed E-state index contributed by atoms with van der Waals surface area (Å²) in [5, 5.41) is 9.10. The maximum atomic E-state index is 11.3. The molecule has 0 bridgehead atoms. The van der Waals surface area contributed by atoms with Gasteiger partial charge in [-0.15, -0.1) is 0 Å². The van der Waals surface area contributed by atoms with Crippen molar-refractivity contribution in [3.63, 3.8) is 0 Å². The first kappa shape index (κ1) is 12.8. The fraction of sp³-hybridized carbons (Fsp3) is 0.250. The van der Waals surface area contributed by atoms with Crippen molar-refractivity contribution in [2.24, 2.45) is 0 Å². The van der Waals surface area contributed by atoms with Gasteiger partial charge in [0.05, 0.1) is 29.7 Å². The van der Waals surface area contributed by atoms with E-state index < -0.39 is 9.84 Å². The minimum Gasteiger partial charge on any atom is -0.390 e. The van der Waals surface area contributed by atoms with Crippen molar-refractivity contribution in [1.29, 1.82) is 0 Å². The monoisotopic (exact) mass is 266 g/mol. The Kier molecular flexibility index (Phi) is 3.49. The fourth-order valence-corrected chi connectivity index (χ4v) is 2.29. The number of hydrogen-bond donors (Lipinski definition) is 1. The van der Waals surface area contributed by atoms with Crippen LogP contribution in [0.5, 0.6) is 0 Å². The molecule has 0 unspecified atom stereocenters. The van der Waals surface area contributed by atoms with Crippen LogP contribution in [0.25, 0.3) is 0 Å². The van der Waals surface area contributed by atoms with E-state index in [1.807, 2.05) is 4.57 Å². The number of sulfone groups is 1. The van der Waals surface area contributed by atoms with Crippen molar-refractivity contribution in [2.45, 2.75) is 18.0 Å². The van der Waals surface area contributed by atoms with Crippen LogP contribution in [0, 0.1) is 0 Å². The first-order valence-corrected chi connectivity index (χ1v) is 7.28. The third-order valence-electron chi connectivity index (χ3n) is 2.66. The van der Waals surface area contributed by atoms with Crippen LogP contribution >= 0.6 is 0 Å². The van der Waals surface area contributed by atoms with Gasteiger partial charge in [0.1, 0.15) is 0 Å². The molecule has 0 saturated carbocycles. The van der Waals surface area contributed by atoms with E-state index in [1.165, 1.54) is 6.26 Å². The molecule has 96 valence electrons. The zero-order valence-electron chi connectivity index (χ0n) is 9.94. The predicted molar refractivity (Wildman–Crippen MR) is 66.8 cm³/mol. The second-order valence-corrected chi connectivity index (χ2v) is 6.10. The molecule has 0 atom stereocenters. The summed E-state index contributed by atoms with van der Waals surface area (Å²) >= 11 is 0. The Morgan fingerprint density at radius 3 is 2.50 bits per heavy atom. The van der Waals surface area contributed by atoms with E-state index >= 15 is 0 Å². The van der Waals surface area contributed by atoms with Crippen LogP contribution < -0.4 is 0 Å². The maximum Gasteiger partial charge on any atom is 0.175 e. The largest absolute Gasteiger partial charge is 0.390 e. The molecule has 0 aliphatic heterocycles. The number of benzene rings is 1. The van der Waals surface area contributed by atoms with Gasteiger partial charge in [-0.2, -0.15) is 0 Å². The van der Waals surface area contributed by atoms with Crippen LogP contribution in [-0.4, -0.2) is 29.3 Å². The smallest absolute Gasteiger partial charge is 0.175 e. The van der Waals surface area contributed by atoms with Crippen LogP contribution in [0.4, 0.5) is 0 Å². The molecule has 2 aromatic rings. The average Bonchev–Trinajstić information content (AvgIpc) is 2.76. The molecule has 0 fully saturated rings. The molecule has 2 rings (SSSR count). The van der Waals surface area contributed by atoms with Gasteiger partial charge in [-0.3, -0.25) is 0 Å². The molecular formula is C12H14N2O3S. The van der Waals surface area contributed by atoms with Gasteiger partial charge >= 0.3 is 0 Å². The van der Waals surface area contributed by atoms with E-state index in [1.54, 1.807) is 36.8 Å². The summed E-state index contributed by atoms with van der Waals surface area (Å²) in [7, 11) is -3.15. The summed E-state index contributed by atoms with van der Waals surface area (Å²) in [6.07, 6.45) is 4.42. The lowest BCUT2D eigenvalue weighted by Crippen LogP contribution is -2.03. The van der Waals surface area contributed by atoms with Crippen LogP contribution in [0.1, 0.15) is 11.3 Å². The Morgan fingerprint density at radius 2 is 1.94 bits per heavy atom. The first-order chi connectivity index (χ1) is 8.50. The number of nitrogens with zero attached hydrogens (tertiary/aromatic N) is 2. The van der Waals surface area contributed by atoms with Gasteiger partial charge in [-0.05, 0) is 17.7 Å². The summed E-state index contributed by atoms with van der Waals surface area (Å²) in [4.78, 5) is 4.26. The van der Waals surface area contributed by atoms with E-state index in [0.29, 0.717) is 11.4 Å². The molecule has 1 N–H and O–H groups in total. The molecule has 5 nitrogen and oxygen atoms in total. The van der Waals surface area contributed by atoms with Gasteiger partial charge < -0.3 is 9.67 Å². The Labute approximate surface area is 106 Å². The van der Waals surface area contributed by atoms with Gasteiger partial charge in [-0.1, -0.05) is 12.1 Å². The number of aromatic nitrogens is 2. The Morgan fingerprint density at radius 1 is 1.28 bits per heavy atom. The molecule has 0 aliphatic rings. The normalized spacial score (nSPS) is 11.7. The molecule has 18 heavy (non-hydrogen) atoms. The lowest BCUT2D eigenvalue weighted by molar-refractivity contribution is 0.271. The molecule has 1 aromatic heterocycles. The third kappa shape index (κ3) is 2.77. The zero-order chi connectivity index (χ0) is 13.2. The summed E-state index contributed by atoms with van der Waals surface area (Å²) in [5.41, 5.74) is 1.68. The minimum atomic E-state index is -3.15. The third-order valence-corrected chi connectivity index (χ3v) is 3.79. The highest BCUT2D eigenvalue weighted by atomic mass is 32.2. The predicted octanol–water partition coefficient (Wildman–Crippen LogP) is 0.827. The molecule has 1 heterocycles. The standard InChI is InChI=1S/C12H14N2O3S/c1-18(16,17)12-4-2-10(3-5-12)7-14-9-13-6-11(14)8-15/h2-6,9,15H,7-8H2,1H3. The minimum absolute atomic E-state index is 0.0680. The summed E-state index contributed by atoms with van der Waals surface area (Å²) in [5.74, 6) is 0. The topological polar surface area (TPSA) is 72.2 Å². The van der Waals surface area contributed by atoms with Gasteiger partial charge in [0.2, 0.25) is 0 Å². The Balaban J connectivity index is 2.21. The zero-order valence-corrected chi connectivity index (χ0v) is 10.8. The highest BCUT2D eigenvalue weighted by molar-refractivity contribution is 7.90. The second-order valence-electron chi connectivity index (χ2n) is 4.09. The van der Waals surface area contributed by atoms with Crippen molar-refractivity contribution in [2.75, 3.05) is 6.26 Å². The number of hydrogen-bond acceptors (Lipinski definition) is 4. The molecule has 1 aromatic carbocycles. The van der Waals surface area contributed by atoms with Crippen LogP contribution in [0.15, 0.2) is 41.7 Å². The van der Waals surface area contributed by atoms with Crippen LogP contribution in [-0.2, 0) is 23.0 Å². The van der Waals surface area contributed by atoms with E-state index in [9.17, 15) is 8.42 Å². The summed E-state index contributed by atoms with van der Waals surface area (Å²) in [6, 6.07) is 6.69. The fourth-order valence-electron chi connectivity index (χ4n) is 1.66. The second kappa shape index (κ2) is 4.91. The quantitative estimate of drug-likeness (QED) is 0.889. The SMILES string of the molecule is CS(=O)(=O)c1ccc(Cn2cncc2CO)cc1. The van der Waals surface area contributed by atoms with Crippen molar-refractivity contribution < 1.29 is 13.5 Å². The van der Waals surface area contributed by atoms with Crippen LogP contribution in [0.3, 0.4) is 0 Å².